The number of ether oxygens (including phenoxy) is 1. The molecule has 0 aliphatic heterocycles. The number of fused-ring (bicyclic) bond motifs is 1. The van der Waals surface area contributed by atoms with E-state index in [2.05, 4.69) is 24.4 Å². The van der Waals surface area contributed by atoms with E-state index in [0.29, 0.717) is 30.2 Å². The van der Waals surface area contributed by atoms with Gasteiger partial charge < -0.3 is 10.1 Å². The summed E-state index contributed by atoms with van der Waals surface area (Å²) in [5.41, 5.74) is 7.32. The van der Waals surface area contributed by atoms with Gasteiger partial charge in [-0.1, -0.05) is 48.5 Å². The number of carbonyl (C=O) groups is 1. The molecule has 1 aliphatic carbocycles. The number of aromatic nitrogens is 2. The van der Waals surface area contributed by atoms with Crippen molar-refractivity contribution >= 4 is 11.6 Å². The highest BCUT2D eigenvalue weighted by Gasteiger charge is 2.27. The summed E-state index contributed by atoms with van der Waals surface area (Å²) >= 11 is 0. The van der Waals surface area contributed by atoms with Crippen LogP contribution in [0.2, 0.25) is 0 Å². The Bertz CT molecular complexity index is 1410. The molecule has 0 fully saturated rings. The van der Waals surface area contributed by atoms with E-state index >= 15 is 0 Å². The van der Waals surface area contributed by atoms with Gasteiger partial charge in [-0.3, -0.25) is 4.79 Å². The Balaban J connectivity index is 1.35. The number of nitriles is 1. The van der Waals surface area contributed by atoms with Crippen LogP contribution in [0.3, 0.4) is 0 Å². The Labute approximate surface area is 204 Å². The molecule has 3 aromatic carbocycles. The second kappa shape index (κ2) is 9.86. The van der Waals surface area contributed by atoms with Crippen LogP contribution in [0.25, 0.3) is 5.69 Å². The van der Waals surface area contributed by atoms with Gasteiger partial charge in [-0.2, -0.15) is 10.4 Å². The summed E-state index contributed by atoms with van der Waals surface area (Å²) < 4.78 is 7.89. The average Bonchev–Trinajstić information content (AvgIpc) is 3.48. The smallest absolute Gasteiger partial charge is 0.276 e. The van der Waals surface area contributed by atoms with Crippen molar-refractivity contribution in [2.45, 2.75) is 39.2 Å². The number of benzene rings is 3. The zero-order valence-electron chi connectivity index (χ0n) is 19.6. The molecule has 0 atom stereocenters. The first kappa shape index (κ1) is 22.4. The fraction of sp³-hybridized carbons (Fsp3) is 0.207. The fourth-order valence-electron chi connectivity index (χ4n) is 4.53. The predicted molar refractivity (Wildman–Crippen MR) is 135 cm³/mol. The van der Waals surface area contributed by atoms with Gasteiger partial charge in [0, 0.05) is 22.5 Å². The quantitative estimate of drug-likeness (QED) is 0.390. The average molecular weight is 463 g/mol. The third-order valence-corrected chi connectivity index (χ3v) is 6.36. The molecule has 1 N–H and O–H groups in total. The summed E-state index contributed by atoms with van der Waals surface area (Å²) in [6.07, 6.45) is 3.17. The van der Waals surface area contributed by atoms with Crippen molar-refractivity contribution in [2.75, 3.05) is 5.32 Å². The van der Waals surface area contributed by atoms with Crippen LogP contribution in [0.5, 0.6) is 5.75 Å². The molecule has 1 aromatic heterocycles. The predicted octanol–water partition coefficient (Wildman–Crippen LogP) is 5.57. The normalized spacial score (nSPS) is 12.1. The first-order valence-corrected chi connectivity index (χ1v) is 11.8. The van der Waals surface area contributed by atoms with Crippen LogP contribution < -0.4 is 10.1 Å². The number of nitrogens with zero attached hydrogens (tertiary/aromatic N) is 3. The van der Waals surface area contributed by atoms with E-state index in [0.717, 1.165) is 52.9 Å². The molecular formula is C29H26N4O2. The van der Waals surface area contributed by atoms with E-state index in [1.807, 2.05) is 71.4 Å². The number of rotatable bonds is 7. The molecule has 0 saturated heterocycles. The van der Waals surface area contributed by atoms with E-state index in [4.69, 9.17) is 15.1 Å². The second-order valence-electron chi connectivity index (χ2n) is 8.70. The Morgan fingerprint density at radius 3 is 2.63 bits per heavy atom. The van der Waals surface area contributed by atoms with Crippen LogP contribution in [0, 0.1) is 18.3 Å². The van der Waals surface area contributed by atoms with Gasteiger partial charge in [-0.25, -0.2) is 4.68 Å². The summed E-state index contributed by atoms with van der Waals surface area (Å²) in [7, 11) is 0. The van der Waals surface area contributed by atoms with E-state index in [-0.39, 0.29) is 5.91 Å². The number of carbonyl (C=O) groups excluding carboxylic acids is 1. The minimum Gasteiger partial charge on any atom is -0.489 e. The highest BCUT2D eigenvalue weighted by atomic mass is 16.5. The zero-order valence-corrected chi connectivity index (χ0v) is 19.6. The molecule has 0 radical (unpaired) electrons. The number of aryl methyl sites for hydroxylation is 1. The van der Waals surface area contributed by atoms with Crippen molar-refractivity contribution < 1.29 is 9.53 Å². The molecule has 35 heavy (non-hydrogen) atoms. The van der Waals surface area contributed by atoms with Crippen LogP contribution in [0.1, 0.15) is 44.9 Å². The van der Waals surface area contributed by atoms with Crippen molar-refractivity contribution in [1.82, 2.24) is 9.78 Å². The SMILES string of the molecule is Cc1ccccc1-n1nc(C(=O)Nc2ccccc2COc2ccc(CC#N)cc2)c2c1CCC2. The van der Waals surface area contributed by atoms with Crippen LogP contribution in [0.15, 0.2) is 72.8 Å². The minimum absolute atomic E-state index is 0.205. The number of hydrogen-bond donors (Lipinski definition) is 1. The Morgan fingerprint density at radius 2 is 1.83 bits per heavy atom. The molecule has 0 unspecified atom stereocenters. The molecule has 6 nitrogen and oxygen atoms in total. The Hall–Kier alpha value is -4.37. The van der Waals surface area contributed by atoms with Crippen molar-refractivity contribution in [2.24, 2.45) is 0 Å². The van der Waals surface area contributed by atoms with Gasteiger partial charge in [0.05, 0.1) is 18.2 Å². The van der Waals surface area contributed by atoms with Crippen LogP contribution in [0.4, 0.5) is 5.69 Å². The maximum absolute atomic E-state index is 13.4. The van der Waals surface area contributed by atoms with Crippen LogP contribution >= 0.6 is 0 Å². The van der Waals surface area contributed by atoms with Gasteiger partial charge in [-0.15, -0.1) is 0 Å². The van der Waals surface area contributed by atoms with Gasteiger partial charge >= 0.3 is 0 Å². The monoisotopic (exact) mass is 462 g/mol. The first-order valence-electron chi connectivity index (χ1n) is 11.8. The lowest BCUT2D eigenvalue weighted by Crippen LogP contribution is -2.16. The van der Waals surface area contributed by atoms with Gasteiger partial charge in [0.1, 0.15) is 12.4 Å². The highest BCUT2D eigenvalue weighted by molar-refractivity contribution is 6.04. The molecule has 6 heteroatoms. The third kappa shape index (κ3) is 4.67. The van der Waals surface area contributed by atoms with E-state index in [1.54, 1.807) is 0 Å². The fourth-order valence-corrected chi connectivity index (χ4v) is 4.53. The van der Waals surface area contributed by atoms with Crippen molar-refractivity contribution in [3.05, 3.63) is 106 Å². The minimum atomic E-state index is -0.205. The van der Waals surface area contributed by atoms with Crippen LogP contribution in [-0.2, 0) is 25.9 Å². The summed E-state index contributed by atoms with van der Waals surface area (Å²) in [4.78, 5) is 13.4. The van der Waals surface area contributed by atoms with Gasteiger partial charge in [0.2, 0.25) is 0 Å². The number of para-hydroxylation sites is 2. The van der Waals surface area contributed by atoms with Crippen molar-refractivity contribution in [3.63, 3.8) is 0 Å². The summed E-state index contributed by atoms with van der Waals surface area (Å²) in [6, 6.07) is 25.4. The third-order valence-electron chi connectivity index (χ3n) is 6.36. The Kier molecular flexibility index (Phi) is 6.32. The molecule has 0 saturated carbocycles. The molecule has 1 amide bonds. The lowest BCUT2D eigenvalue weighted by molar-refractivity contribution is 0.102. The number of amides is 1. The van der Waals surface area contributed by atoms with E-state index in [1.165, 1.54) is 0 Å². The summed E-state index contributed by atoms with van der Waals surface area (Å²) in [6.45, 7) is 2.37. The van der Waals surface area contributed by atoms with E-state index < -0.39 is 0 Å². The molecule has 0 spiro atoms. The van der Waals surface area contributed by atoms with Gasteiger partial charge in [0.15, 0.2) is 5.69 Å². The molecule has 4 aromatic rings. The zero-order chi connectivity index (χ0) is 24.2. The highest BCUT2D eigenvalue weighted by Crippen LogP contribution is 2.30. The molecular weight excluding hydrogens is 436 g/mol. The molecule has 5 rings (SSSR count). The van der Waals surface area contributed by atoms with Gasteiger partial charge in [-0.05, 0) is 61.6 Å². The second-order valence-corrected chi connectivity index (χ2v) is 8.70. The lowest BCUT2D eigenvalue weighted by Gasteiger charge is -2.12. The van der Waals surface area contributed by atoms with Crippen molar-refractivity contribution in [1.29, 1.82) is 5.26 Å². The molecule has 1 aliphatic rings. The maximum Gasteiger partial charge on any atom is 0.276 e. The van der Waals surface area contributed by atoms with E-state index in [9.17, 15) is 4.79 Å². The first-order chi connectivity index (χ1) is 17.1. The standard InChI is InChI=1S/C29H26N4O2/c1-20-7-2-5-11-26(20)33-27-12-6-9-24(27)28(32-33)29(34)31-25-10-4-3-8-22(25)19-35-23-15-13-21(14-16-23)17-18-30/h2-5,7-8,10-11,13-16H,6,9,12,17,19H2,1H3,(H,31,34). The summed E-state index contributed by atoms with van der Waals surface area (Å²) in [5, 5.41) is 16.7. The maximum atomic E-state index is 13.4. The number of anilines is 1. The van der Waals surface area contributed by atoms with Gasteiger partial charge in [0.25, 0.3) is 5.91 Å². The van der Waals surface area contributed by atoms with Crippen molar-refractivity contribution in [3.8, 4) is 17.5 Å². The molecule has 0 bridgehead atoms. The topological polar surface area (TPSA) is 79.9 Å². The largest absolute Gasteiger partial charge is 0.489 e. The number of hydrogen-bond acceptors (Lipinski definition) is 4. The molecule has 1 heterocycles. The Morgan fingerprint density at radius 1 is 1.06 bits per heavy atom. The molecule has 174 valence electrons. The number of nitrogens with one attached hydrogen (secondary N) is 1. The summed E-state index contributed by atoms with van der Waals surface area (Å²) in [5.74, 6) is 0.506. The van der Waals surface area contributed by atoms with Crippen LogP contribution in [-0.4, -0.2) is 15.7 Å². The lowest BCUT2D eigenvalue weighted by atomic mass is 10.1.